The van der Waals surface area contributed by atoms with E-state index in [1.165, 1.54) is 12.1 Å². The average molecular weight is 314 g/mol. The number of H-pyrrole nitrogens is 1. The van der Waals surface area contributed by atoms with Crippen LogP contribution in [-0.2, 0) is 6.54 Å². The molecule has 1 aromatic heterocycles. The molecule has 0 aliphatic carbocycles. The molecule has 1 heterocycles. The van der Waals surface area contributed by atoms with E-state index in [-0.39, 0.29) is 11.4 Å². The van der Waals surface area contributed by atoms with Gasteiger partial charge in [0.25, 0.3) is 5.56 Å². The number of hydrogen-bond acceptors (Lipinski definition) is 4. The van der Waals surface area contributed by atoms with Crippen LogP contribution >= 0.6 is 0 Å². The molecular formula is C17H19FN4O. The predicted molar refractivity (Wildman–Crippen MR) is 91.8 cm³/mol. The molecule has 1 aromatic carbocycles. The van der Waals surface area contributed by atoms with E-state index < -0.39 is 0 Å². The number of pyridine rings is 1. The summed E-state index contributed by atoms with van der Waals surface area (Å²) >= 11 is 0. The van der Waals surface area contributed by atoms with Crippen LogP contribution in [0.2, 0.25) is 0 Å². The molecule has 5 nitrogen and oxygen atoms in total. The number of nitrogens with zero attached hydrogens (tertiary/aromatic N) is 1. The number of halogens is 1. The molecule has 2 aromatic rings. The number of allylic oxidation sites excluding steroid dienone is 1. The number of aromatic amines is 1. The molecule has 23 heavy (non-hydrogen) atoms. The Morgan fingerprint density at radius 1 is 1.39 bits per heavy atom. The third kappa shape index (κ3) is 3.92. The molecular weight excluding hydrogens is 295 g/mol. The molecule has 120 valence electrons. The van der Waals surface area contributed by atoms with Crippen molar-refractivity contribution in [1.82, 2.24) is 10.3 Å². The molecule has 0 saturated heterocycles. The maximum absolute atomic E-state index is 13.1. The predicted octanol–water partition coefficient (Wildman–Crippen LogP) is 1.90. The topological polar surface area (TPSA) is 83.3 Å². The quantitative estimate of drug-likeness (QED) is 0.737. The first-order valence-electron chi connectivity index (χ1n) is 7.12. The van der Waals surface area contributed by atoms with Crippen molar-refractivity contribution in [2.75, 3.05) is 14.1 Å². The van der Waals surface area contributed by atoms with E-state index in [0.29, 0.717) is 34.6 Å². The number of aromatic nitrogens is 1. The van der Waals surface area contributed by atoms with Gasteiger partial charge in [0.05, 0.1) is 0 Å². The van der Waals surface area contributed by atoms with E-state index in [1.54, 1.807) is 44.6 Å². The third-order valence-electron chi connectivity index (χ3n) is 3.36. The lowest BCUT2D eigenvalue weighted by molar-refractivity contribution is 0.628. The van der Waals surface area contributed by atoms with E-state index in [4.69, 9.17) is 5.73 Å². The average Bonchev–Trinajstić information content (AvgIpc) is 2.55. The molecule has 0 amide bonds. The van der Waals surface area contributed by atoms with Gasteiger partial charge in [-0.25, -0.2) is 4.39 Å². The van der Waals surface area contributed by atoms with Crippen LogP contribution in [0.15, 0.2) is 46.2 Å². The Morgan fingerprint density at radius 3 is 2.70 bits per heavy atom. The smallest absolute Gasteiger partial charge is 0.253 e. The molecule has 4 N–H and O–H groups in total. The minimum absolute atomic E-state index is 0.235. The van der Waals surface area contributed by atoms with E-state index in [2.05, 4.69) is 15.3 Å². The normalized spacial score (nSPS) is 12.0. The van der Waals surface area contributed by atoms with Crippen molar-refractivity contribution in [1.29, 1.82) is 0 Å². The summed E-state index contributed by atoms with van der Waals surface area (Å²) in [5, 5.41) is 2.96. The first kappa shape index (κ1) is 16.6. The van der Waals surface area contributed by atoms with Crippen LogP contribution in [0.3, 0.4) is 0 Å². The SMILES string of the molecule is CN=CC=C(N)c1cc(-c2ccc(F)cc2)[nH]c(=O)c1CNC. The van der Waals surface area contributed by atoms with Crippen molar-refractivity contribution < 1.29 is 4.39 Å². The molecule has 6 heteroatoms. The minimum Gasteiger partial charge on any atom is -0.398 e. The summed E-state index contributed by atoms with van der Waals surface area (Å²) in [7, 11) is 3.39. The van der Waals surface area contributed by atoms with Crippen LogP contribution in [0.5, 0.6) is 0 Å². The molecule has 2 rings (SSSR count). The van der Waals surface area contributed by atoms with Gasteiger partial charge in [-0.1, -0.05) is 0 Å². The van der Waals surface area contributed by atoms with Gasteiger partial charge in [-0.15, -0.1) is 0 Å². The summed E-state index contributed by atoms with van der Waals surface area (Å²) in [6.45, 7) is 0.381. The highest BCUT2D eigenvalue weighted by Gasteiger charge is 2.12. The zero-order chi connectivity index (χ0) is 16.8. The zero-order valence-corrected chi connectivity index (χ0v) is 13.1. The molecule has 0 spiro atoms. The number of hydrogen-bond donors (Lipinski definition) is 3. The molecule has 0 aliphatic heterocycles. The second-order valence-corrected chi connectivity index (χ2v) is 4.97. The van der Waals surface area contributed by atoms with Crippen molar-refractivity contribution in [3.05, 3.63) is 63.7 Å². The van der Waals surface area contributed by atoms with Gasteiger partial charge in [0, 0.05) is 42.3 Å². The number of benzene rings is 1. The summed E-state index contributed by atoms with van der Waals surface area (Å²) in [6.07, 6.45) is 3.21. The maximum atomic E-state index is 13.1. The third-order valence-corrected chi connectivity index (χ3v) is 3.36. The second-order valence-electron chi connectivity index (χ2n) is 4.97. The fourth-order valence-corrected chi connectivity index (χ4v) is 2.23. The van der Waals surface area contributed by atoms with E-state index in [1.807, 2.05) is 0 Å². The summed E-state index contributed by atoms with van der Waals surface area (Å²) in [5.41, 5.74) is 8.74. The van der Waals surface area contributed by atoms with Gasteiger partial charge in [-0.05, 0) is 49.0 Å². The first-order chi connectivity index (χ1) is 11.1. The van der Waals surface area contributed by atoms with Gasteiger partial charge in [-0.2, -0.15) is 0 Å². The van der Waals surface area contributed by atoms with Gasteiger partial charge < -0.3 is 16.0 Å². The summed E-state index contributed by atoms with van der Waals surface area (Å²) in [4.78, 5) is 19.1. The van der Waals surface area contributed by atoms with Crippen LogP contribution in [0.1, 0.15) is 11.1 Å². The molecule has 0 unspecified atom stereocenters. The highest BCUT2D eigenvalue weighted by atomic mass is 19.1. The largest absolute Gasteiger partial charge is 0.398 e. The maximum Gasteiger partial charge on any atom is 0.253 e. The molecule has 0 aliphatic rings. The van der Waals surface area contributed by atoms with Crippen molar-refractivity contribution in [3.8, 4) is 11.3 Å². The van der Waals surface area contributed by atoms with Gasteiger partial charge >= 0.3 is 0 Å². The molecule has 0 bridgehead atoms. The Hall–Kier alpha value is -2.73. The molecule has 0 fully saturated rings. The molecule has 0 radical (unpaired) electrons. The lowest BCUT2D eigenvalue weighted by atomic mass is 10.0. The van der Waals surface area contributed by atoms with Crippen LogP contribution < -0.4 is 16.6 Å². The van der Waals surface area contributed by atoms with E-state index in [9.17, 15) is 9.18 Å². The van der Waals surface area contributed by atoms with Crippen molar-refractivity contribution >= 4 is 11.9 Å². The minimum atomic E-state index is -0.332. The molecule has 0 atom stereocenters. The van der Waals surface area contributed by atoms with Crippen molar-refractivity contribution in [2.24, 2.45) is 10.7 Å². The highest BCUT2D eigenvalue weighted by molar-refractivity contribution is 5.84. The lowest BCUT2D eigenvalue weighted by Crippen LogP contribution is -2.22. The van der Waals surface area contributed by atoms with Crippen LogP contribution in [0.4, 0.5) is 4.39 Å². The fraction of sp³-hybridized carbons (Fsp3) is 0.176. The second kappa shape index (κ2) is 7.51. The monoisotopic (exact) mass is 314 g/mol. The Kier molecular flexibility index (Phi) is 5.43. The number of nitrogens with two attached hydrogens (primary N) is 1. The van der Waals surface area contributed by atoms with Crippen LogP contribution in [-0.4, -0.2) is 25.3 Å². The van der Waals surface area contributed by atoms with E-state index >= 15 is 0 Å². The van der Waals surface area contributed by atoms with Crippen molar-refractivity contribution in [3.63, 3.8) is 0 Å². The standard InChI is InChI=1S/C17H19FN4O/c1-20-8-7-15(19)13-9-16(11-3-5-12(18)6-4-11)22-17(23)14(13)10-21-2/h3-9,21H,10,19H2,1-2H3,(H,22,23). The number of aliphatic imine (C=N–C) groups is 1. The number of rotatable bonds is 5. The Balaban J connectivity index is 2.61. The lowest BCUT2D eigenvalue weighted by Gasteiger charge is -2.11. The van der Waals surface area contributed by atoms with Crippen molar-refractivity contribution in [2.45, 2.75) is 6.54 Å². The molecule has 0 saturated carbocycles. The summed E-state index contributed by atoms with van der Waals surface area (Å²) < 4.78 is 13.1. The van der Waals surface area contributed by atoms with Crippen LogP contribution in [0, 0.1) is 5.82 Å². The Labute approximate surface area is 133 Å². The van der Waals surface area contributed by atoms with Gasteiger partial charge in [0.1, 0.15) is 5.82 Å². The van der Waals surface area contributed by atoms with Gasteiger partial charge in [0.15, 0.2) is 0 Å². The summed E-state index contributed by atoms with van der Waals surface area (Å²) in [6, 6.07) is 7.69. The Morgan fingerprint density at radius 2 is 2.09 bits per heavy atom. The van der Waals surface area contributed by atoms with Gasteiger partial charge in [0.2, 0.25) is 0 Å². The van der Waals surface area contributed by atoms with Crippen LogP contribution in [0.25, 0.3) is 17.0 Å². The Bertz CT molecular complexity index is 791. The fourth-order valence-electron chi connectivity index (χ4n) is 2.23. The first-order valence-corrected chi connectivity index (χ1v) is 7.12. The highest BCUT2D eigenvalue weighted by Crippen LogP contribution is 2.21. The van der Waals surface area contributed by atoms with Gasteiger partial charge in [-0.3, -0.25) is 9.79 Å². The zero-order valence-electron chi connectivity index (χ0n) is 13.1. The van der Waals surface area contributed by atoms with E-state index in [0.717, 1.165) is 0 Å². The summed E-state index contributed by atoms with van der Waals surface area (Å²) in [5.74, 6) is -0.332. The number of nitrogens with one attached hydrogen (secondary N) is 2.